The largest absolute Gasteiger partial charge is 0.476 e. The van der Waals surface area contributed by atoms with E-state index < -0.39 is 29.9 Å². The lowest BCUT2D eigenvalue weighted by atomic mass is 9.90. The van der Waals surface area contributed by atoms with Crippen LogP contribution in [-0.4, -0.2) is 38.3 Å². The van der Waals surface area contributed by atoms with Gasteiger partial charge in [-0.2, -0.15) is 8.78 Å². The summed E-state index contributed by atoms with van der Waals surface area (Å²) in [6.45, 7) is 1.47. The van der Waals surface area contributed by atoms with Crippen LogP contribution in [0.2, 0.25) is 0 Å². The summed E-state index contributed by atoms with van der Waals surface area (Å²) >= 11 is 2.67. The fraction of sp³-hybridized carbons (Fsp3) is 0.550. The van der Waals surface area contributed by atoms with Crippen molar-refractivity contribution < 1.29 is 33.0 Å². The van der Waals surface area contributed by atoms with E-state index in [4.69, 9.17) is 5.11 Å². The van der Waals surface area contributed by atoms with Gasteiger partial charge in [0.25, 0.3) is 0 Å². The minimum absolute atomic E-state index is 0.0110. The van der Waals surface area contributed by atoms with Gasteiger partial charge in [-0.05, 0) is 38.5 Å². The summed E-state index contributed by atoms with van der Waals surface area (Å²) in [7, 11) is 0. The second-order valence-corrected chi connectivity index (χ2v) is 9.71. The first-order chi connectivity index (χ1) is 14.1. The number of allylic oxidation sites excluding steroid dienone is 2. The number of aromatic nitrogens is 1. The normalized spacial score (nSPS) is 21.2. The summed E-state index contributed by atoms with van der Waals surface area (Å²) < 4.78 is 37.8. The number of carbonyl (C=O) groups excluding carboxylic acids is 1. The molecule has 0 bridgehead atoms. The summed E-state index contributed by atoms with van der Waals surface area (Å²) in [5.41, 5.74) is -1.30. The molecule has 0 unspecified atom stereocenters. The lowest BCUT2D eigenvalue weighted by Gasteiger charge is -2.21. The highest BCUT2D eigenvalue weighted by Gasteiger charge is 2.32. The van der Waals surface area contributed by atoms with Crippen LogP contribution in [0.1, 0.15) is 55.9 Å². The van der Waals surface area contributed by atoms with Crippen molar-refractivity contribution in [3.05, 3.63) is 35.1 Å². The quantitative estimate of drug-likeness (QED) is 0.334. The van der Waals surface area contributed by atoms with Crippen LogP contribution in [0, 0.1) is 11.8 Å². The van der Waals surface area contributed by atoms with Gasteiger partial charge in [0, 0.05) is 29.9 Å². The Labute approximate surface area is 181 Å². The van der Waals surface area contributed by atoms with Crippen molar-refractivity contribution in [3.8, 4) is 0 Å². The molecule has 5 nitrogen and oxygen atoms in total. The zero-order valence-electron chi connectivity index (χ0n) is 16.4. The minimum Gasteiger partial charge on any atom is -0.476 e. The number of hydrogen-bond donors (Lipinski definition) is 2. The molecular weight excluding hydrogens is 439 g/mol. The first-order valence-electron chi connectivity index (χ1n) is 9.52. The van der Waals surface area contributed by atoms with Gasteiger partial charge in [0.1, 0.15) is 5.78 Å². The average molecular weight is 464 g/mol. The number of ketones is 1. The Morgan fingerprint density at radius 1 is 1.43 bits per heavy atom. The van der Waals surface area contributed by atoms with E-state index in [1.54, 1.807) is 6.08 Å². The number of carbonyl (C=O) groups is 2. The number of Topliss-reactive ketones (excluding diaryl/α,β-unsaturated/α-hetero) is 1. The molecule has 1 saturated carbocycles. The SMILES string of the molecule is C[C@](O)(C/C=C/[C@H]1CCC(=O)[C@@H]1CCSc1nc(C(=O)O)cs1)CCC(F)=C(F)F. The van der Waals surface area contributed by atoms with Crippen LogP contribution in [0.4, 0.5) is 13.2 Å². The number of thiazole rings is 1. The predicted molar refractivity (Wildman–Crippen MR) is 110 cm³/mol. The van der Waals surface area contributed by atoms with Crippen molar-refractivity contribution in [2.45, 2.75) is 55.4 Å². The van der Waals surface area contributed by atoms with Crippen LogP contribution in [0.3, 0.4) is 0 Å². The third kappa shape index (κ3) is 7.55. The zero-order chi connectivity index (χ0) is 22.3. The average Bonchev–Trinajstić information content (AvgIpc) is 3.28. The number of hydrogen-bond acceptors (Lipinski definition) is 6. The molecule has 1 aromatic rings. The number of nitrogens with zero attached hydrogens (tertiary/aromatic N) is 1. The summed E-state index contributed by atoms with van der Waals surface area (Å²) in [6.07, 6.45) is 2.59. The van der Waals surface area contributed by atoms with Gasteiger partial charge in [0.05, 0.1) is 5.60 Å². The van der Waals surface area contributed by atoms with Crippen molar-refractivity contribution in [2.24, 2.45) is 11.8 Å². The first kappa shape index (κ1) is 24.6. The number of thioether (sulfide) groups is 1. The predicted octanol–water partition coefficient (Wildman–Crippen LogP) is 5.47. The Hall–Kier alpha value is -1.65. The maximum absolute atomic E-state index is 12.9. The molecule has 0 amide bonds. The Bertz CT molecular complexity index is 819. The fourth-order valence-corrected chi connectivity index (χ4v) is 5.20. The summed E-state index contributed by atoms with van der Waals surface area (Å²) in [5.74, 6) is -1.90. The van der Waals surface area contributed by atoms with E-state index in [1.165, 1.54) is 35.4 Å². The van der Waals surface area contributed by atoms with Crippen molar-refractivity contribution in [1.29, 1.82) is 0 Å². The molecule has 30 heavy (non-hydrogen) atoms. The highest BCUT2D eigenvalue weighted by Crippen LogP contribution is 2.35. The molecule has 3 atom stereocenters. The number of carboxylic acid groups (broad SMARTS) is 1. The molecule has 10 heteroatoms. The number of halogens is 3. The molecule has 0 saturated heterocycles. The van der Waals surface area contributed by atoms with E-state index in [0.29, 0.717) is 29.4 Å². The van der Waals surface area contributed by atoms with E-state index in [2.05, 4.69) is 4.98 Å². The maximum atomic E-state index is 12.9. The standard InChI is InChI=1S/C20H24F3NO4S2/c1-20(28,9-6-14(21)17(22)23)8-2-3-12-4-5-16(25)13(12)7-10-29-19-24-15(11-30-19)18(26)27/h2-3,11-13,28H,4-10H2,1H3,(H,26,27)/b3-2+/t12-,13+,20-/m0/s1. The monoisotopic (exact) mass is 463 g/mol. The van der Waals surface area contributed by atoms with Gasteiger partial charge in [-0.15, -0.1) is 11.3 Å². The molecule has 1 aromatic heterocycles. The van der Waals surface area contributed by atoms with Crippen LogP contribution in [0.25, 0.3) is 0 Å². The smallest absolute Gasteiger partial charge is 0.355 e. The summed E-state index contributed by atoms with van der Waals surface area (Å²) in [5, 5.41) is 20.6. The van der Waals surface area contributed by atoms with Gasteiger partial charge >= 0.3 is 12.0 Å². The summed E-state index contributed by atoms with van der Waals surface area (Å²) in [6, 6.07) is 0. The van der Waals surface area contributed by atoms with Crippen molar-refractivity contribution >= 4 is 34.9 Å². The topological polar surface area (TPSA) is 87.5 Å². The Morgan fingerprint density at radius 2 is 2.17 bits per heavy atom. The molecule has 166 valence electrons. The second kappa shape index (κ2) is 11.1. The maximum Gasteiger partial charge on any atom is 0.355 e. The van der Waals surface area contributed by atoms with Crippen LogP contribution < -0.4 is 0 Å². The van der Waals surface area contributed by atoms with Crippen LogP contribution in [0.15, 0.2) is 33.8 Å². The van der Waals surface area contributed by atoms with E-state index in [1.807, 2.05) is 6.08 Å². The molecular formula is C20H24F3NO4S2. The fourth-order valence-electron chi connectivity index (χ4n) is 3.31. The van der Waals surface area contributed by atoms with Crippen LogP contribution in [0.5, 0.6) is 0 Å². The molecule has 2 rings (SSSR count). The first-order valence-corrected chi connectivity index (χ1v) is 11.4. The molecule has 1 heterocycles. The van der Waals surface area contributed by atoms with Crippen LogP contribution in [-0.2, 0) is 4.79 Å². The molecule has 0 spiro atoms. The van der Waals surface area contributed by atoms with E-state index in [9.17, 15) is 27.9 Å². The van der Waals surface area contributed by atoms with E-state index >= 15 is 0 Å². The van der Waals surface area contributed by atoms with Gasteiger partial charge in [-0.3, -0.25) is 4.79 Å². The van der Waals surface area contributed by atoms with Gasteiger partial charge in [0.15, 0.2) is 15.9 Å². The zero-order valence-corrected chi connectivity index (χ0v) is 18.1. The molecule has 1 aliphatic carbocycles. The van der Waals surface area contributed by atoms with Crippen molar-refractivity contribution in [2.75, 3.05) is 5.75 Å². The number of rotatable bonds is 11. The highest BCUT2D eigenvalue weighted by molar-refractivity contribution is 8.01. The van der Waals surface area contributed by atoms with Gasteiger partial charge in [0.2, 0.25) is 0 Å². The Balaban J connectivity index is 1.83. The van der Waals surface area contributed by atoms with Gasteiger partial charge < -0.3 is 10.2 Å². The molecule has 0 radical (unpaired) electrons. The van der Waals surface area contributed by atoms with E-state index in [0.717, 1.165) is 0 Å². The molecule has 2 N–H and O–H groups in total. The lowest BCUT2D eigenvalue weighted by Crippen LogP contribution is -2.23. The summed E-state index contributed by atoms with van der Waals surface area (Å²) in [4.78, 5) is 27.1. The minimum atomic E-state index is -2.36. The molecule has 0 aromatic carbocycles. The van der Waals surface area contributed by atoms with Crippen molar-refractivity contribution in [1.82, 2.24) is 4.98 Å². The Morgan fingerprint density at radius 3 is 2.80 bits per heavy atom. The second-order valence-electron chi connectivity index (χ2n) is 7.51. The third-order valence-electron chi connectivity index (χ3n) is 5.04. The van der Waals surface area contributed by atoms with E-state index in [-0.39, 0.29) is 36.2 Å². The van der Waals surface area contributed by atoms with Crippen LogP contribution >= 0.6 is 23.1 Å². The van der Waals surface area contributed by atoms with Crippen molar-refractivity contribution in [3.63, 3.8) is 0 Å². The van der Waals surface area contributed by atoms with Gasteiger partial charge in [-0.1, -0.05) is 23.9 Å². The number of aliphatic hydroxyl groups is 1. The molecule has 1 aliphatic rings. The molecule has 1 fully saturated rings. The number of aromatic carboxylic acids is 1. The molecule has 0 aliphatic heterocycles. The van der Waals surface area contributed by atoms with Gasteiger partial charge in [-0.25, -0.2) is 14.2 Å². The highest BCUT2D eigenvalue weighted by atomic mass is 32.2. The lowest BCUT2D eigenvalue weighted by molar-refractivity contribution is -0.121. The third-order valence-corrected chi connectivity index (χ3v) is 7.09. The number of carboxylic acids is 1. The Kier molecular flexibility index (Phi) is 9.11.